The van der Waals surface area contributed by atoms with Crippen LogP contribution in [0, 0.1) is 5.41 Å². The zero-order valence-electron chi connectivity index (χ0n) is 12.6. The molecule has 1 heterocycles. The largest absolute Gasteiger partial charge is 0.460 e. The van der Waals surface area contributed by atoms with Crippen LogP contribution in [0.25, 0.3) is 0 Å². The summed E-state index contributed by atoms with van der Waals surface area (Å²) in [6.45, 7) is 8.55. The summed E-state index contributed by atoms with van der Waals surface area (Å²) in [5, 5.41) is 11.6. The number of likely N-dealkylation sites (tertiary alicyclic amines) is 1. The molecule has 0 radical (unpaired) electrons. The first kappa shape index (κ1) is 14.9. The van der Waals surface area contributed by atoms with Crippen LogP contribution in [0.4, 0.5) is 0 Å². The first-order chi connectivity index (χ1) is 9.44. The Hall–Kier alpha value is -1.55. The molecule has 2 N–H and O–H groups in total. The number of hydrogen-bond acceptors (Lipinski definition) is 3. The Bertz CT molecular complexity index is 439. The third-order valence-corrected chi connectivity index (χ3v) is 3.32. The van der Waals surface area contributed by atoms with E-state index >= 15 is 0 Å². The number of benzene rings is 1. The van der Waals surface area contributed by atoms with Crippen LogP contribution in [-0.4, -0.2) is 35.7 Å². The summed E-state index contributed by atoms with van der Waals surface area (Å²) in [6.07, 6.45) is 1.06. The highest BCUT2D eigenvalue weighted by atomic mass is 16.5. The fourth-order valence-corrected chi connectivity index (χ4v) is 2.32. The van der Waals surface area contributed by atoms with Gasteiger partial charge in [-0.1, -0.05) is 30.3 Å². The predicted octanol–water partition coefficient (Wildman–Crippen LogP) is 2.60. The lowest BCUT2D eigenvalue weighted by Crippen LogP contribution is -2.38. The summed E-state index contributed by atoms with van der Waals surface area (Å²) in [6, 6.07) is 11.1. The smallest absolute Gasteiger partial charge is 0.284 e. The molecular formula is C16H25N3O. The molecule has 4 heteroatoms. The number of nitrogens with one attached hydrogen (secondary N) is 2. The second kappa shape index (κ2) is 6.27. The summed E-state index contributed by atoms with van der Waals surface area (Å²) < 4.78 is 5.61. The molecule has 0 aromatic heterocycles. The maximum atomic E-state index is 8.00. The predicted molar refractivity (Wildman–Crippen MR) is 81.8 cm³/mol. The van der Waals surface area contributed by atoms with Crippen molar-refractivity contribution in [2.45, 2.75) is 45.4 Å². The Kier molecular flexibility index (Phi) is 4.65. The molecule has 0 aliphatic carbocycles. The van der Waals surface area contributed by atoms with Crippen LogP contribution in [0.2, 0.25) is 0 Å². The highest BCUT2D eigenvalue weighted by Crippen LogP contribution is 2.15. The molecule has 1 aromatic carbocycles. The van der Waals surface area contributed by atoms with E-state index in [0.717, 1.165) is 26.1 Å². The number of amidine groups is 1. The number of hydrogen-bond donors (Lipinski definition) is 2. The number of nitrogens with zero attached hydrogens (tertiary/aromatic N) is 1. The molecule has 0 saturated carbocycles. The minimum absolute atomic E-state index is 0.293. The van der Waals surface area contributed by atoms with E-state index < -0.39 is 0 Å². The second-order valence-corrected chi connectivity index (χ2v) is 6.32. The third-order valence-electron chi connectivity index (χ3n) is 3.32. The van der Waals surface area contributed by atoms with E-state index in [1.54, 1.807) is 0 Å². The van der Waals surface area contributed by atoms with E-state index in [2.05, 4.69) is 29.6 Å². The standard InChI is InChI=1S/C16H25N3O/c1-16(2,3)20-15(17)19-10-9-14(12-19)18-11-13-7-5-4-6-8-13/h4-8,14,17-18H,9-12H2,1-3H3. The van der Waals surface area contributed by atoms with E-state index in [-0.39, 0.29) is 5.60 Å². The normalized spacial score (nSPS) is 19.1. The molecule has 1 fully saturated rings. The van der Waals surface area contributed by atoms with Crippen molar-refractivity contribution in [2.24, 2.45) is 0 Å². The van der Waals surface area contributed by atoms with Crippen LogP contribution in [0.5, 0.6) is 0 Å². The van der Waals surface area contributed by atoms with E-state index in [0.29, 0.717) is 12.1 Å². The van der Waals surface area contributed by atoms with Gasteiger partial charge in [0.1, 0.15) is 5.60 Å². The molecule has 1 aromatic rings. The van der Waals surface area contributed by atoms with E-state index in [9.17, 15) is 0 Å². The van der Waals surface area contributed by atoms with Crippen molar-refractivity contribution in [3.05, 3.63) is 35.9 Å². The molecule has 4 nitrogen and oxygen atoms in total. The Morgan fingerprint density at radius 1 is 1.35 bits per heavy atom. The molecule has 20 heavy (non-hydrogen) atoms. The van der Waals surface area contributed by atoms with Gasteiger partial charge in [-0.15, -0.1) is 0 Å². The average molecular weight is 275 g/mol. The minimum Gasteiger partial charge on any atom is -0.460 e. The molecule has 1 saturated heterocycles. The lowest BCUT2D eigenvalue weighted by molar-refractivity contribution is 0.0885. The van der Waals surface area contributed by atoms with Gasteiger partial charge in [-0.25, -0.2) is 0 Å². The molecule has 0 amide bonds. The maximum Gasteiger partial charge on any atom is 0.284 e. The van der Waals surface area contributed by atoms with Crippen LogP contribution in [0.15, 0.2) is 30.3 Å². The van der Waals surface area contributed by atoms with E-state index in [1.807, 2.05) is 31.7 Å². The van der Waals surface area contributed by atoms with Gasteiger partial charge in [0, 0.05) is 25.7 Å². The van der Waals surface area contributed by atoms with Gasteiger partial charge < -0.3 is 15.0 Å². The van der Waals surface area contributed by atoms with Crippen LogP contribution >= 0.6 is 0 Å². The summed E-state index contributed by atoms with van der Waals surface area (Å²) in [5.74, 6) is 0. The number of ether oxygens (including phenoxy) is 1. The zero-order valence-corrected chi connectivity index (χ0v) is 12.6. The van der Waals surface area contributed by atoms with Crippen molar-refractivity contribution in [1.29, 1.82) is 5.41 Å². The molecule has 0 spiro atoms. The first-order valence-electron chi connectivity index (χ1n) is 7.24. The van der Waals surface area contributed by atoms with Crippen molar-refractivity contribution in [3.63, 3.8) is 0 Å². The molecule has 110 valence electrons. The fourth-order valence-electron chi connectivity index (χ4n) is 2.32. The van der Waals surface area contributed by atoms with Crippen molar-refractivity contribution < 1.29 is 4.74 Å². The van der Waals surface area contributed by atoms with Crippen molar-refractivity contribution in [2.75, 3.05) is 13.1 Å². The highest BCUT2D eigenvalue weighted by Gasteiger charge is 2.27. The monoisotopic (exact) mass is 275 g/mol. The van der Waals surface area contributed by atoms with Gasteiger partial charge in [0.05, 0.1) is 0 Å². The van der Waals surface area contributed by atoms with Gasteiger partial charge in [0.15, 0.2) is 0 Å². The van der Waals surface area contributed by atoms with Crippen molar-refractivity contribution >= 4 is 6.02 Å². The Balaban J connectivity index is 1.76. The summed E-state index contributed by atoms with van der Waals surface area (Å²) in [4.78, 5) is 2.01. The first-order valence-corrected chi connectivity index (χ1v) is 7.24. The molecule has 2 rings (SSSR count). The summed E-state index contributed by atoms with van der Waals surface area (Å²) in [7, 11) is 0. The lowest BCUT2D eigenvalue weighted by Gasteiger charge is -2.27. The topological polar surface area (TPSA) is 48.4 Å². The van der Waals surface area contributed by atoms with Gasteiger partial charge in [-0.2, -0.15) is 0 Å². The third kappa shape index (κ3) is 4.53. The van der Waals surface area contributed by atoms with Gasteiger partial charge in [0.25, 0.3) is 6.02 Å². The lowest BCUT2D eigenvalue weighted by atomic mass is 10.2. The van der Waals surface area contributed by atoms with Crippen molar-refractivity contribution in [1.82, 2.24) is 10.2 Å². The molecule has 1 aliphatic heterocycles. The minimum atomic E-state index is -0.299. The molecule has 1 aliphatic rings. The van der Waals surface area contributed by atoms with Crippen molar-refractivity contribution in [3.8, 4) is 0 Å². The van der Waals surface area contributed by atoms with Crippen LogP contribution in [0.1, 0.15) is 32.8 Å². The van der Waals surface area contributed by atoms with E-state index in [4.69, 9.17) is 10.1 Å². The van der Waals surface area contributed by atoms with Gasteiger partial charge in [-0.3, -0.25) is 5.41 Å². The maximum absolute atomic E-state index is 8.00. The Morgan fingerprint density at radius 2 is 2.05 bits per heavy atom. The van der Waals surface area contributed by atoms with Crippen LogP contribution in [0.3, 0.4) is 0 Å². The average Bonchev–Trinajstić information content (AvgIpc) is 2.84. The molecule has 1 unspecified atom stereocenters. The summed E-state index contributed by atoms with van der Waals surface area (Å²) >= 11 is 0. The SMILES string of the molecule is CC(C)(C)OC(=N)N1CCC(NCc2ccccc2)C1. The van der Waals surface area contributed by atoms with E-state index in [1.165, 1.54) is 5.56 Å². The van der Waals surface area contributed by atoms with Crippen LogP contribution < -0.4 is 5.32 Å². The zero-order chi connectivity index (χ0) is 14.6. The Labute approximate surface area is 121 Å². The fraction of sp³-hybridized carbons (Fsp3) is 0.562. The van der Waals surface area contributed by atoms with Gasteiger partial charge in [0.2, 0.25) is 0 Å². The Morgan fingerprint density at radius 3 is 2.70 bits per heavy atom. The van der Waals surface area contributed by atoms with Crippen LogP contribution in [-0.2, 0) is 11.3 Å². The number of rotatable bonds is 3. The molecular weight excluding hydrogens is 250 g/mol. The highest BCUT2D eigenvalue weighted by molar-refractivity contribution is 5.71. The summed E-state index contributed by atoms with van der Waals surface area (Å²) in [5.41, 5.74) is 0.999. The van der Waals surface area contributed by atoms with Gasteiger partial charge >= 0.3 is 0 Å². The quantitative estimate of drug-likeness (QED) is 0.658. The van der Waals surface area contributed by atoms with Gasteiger partial charge in [-0.05, 0) is 32.8 Å². The molecule has 1 atom stereocenters. The second-order valence-electron chi connectivity index (χ2n) is 6.32. The molecule has 0 bridgehead atoms.